The van der Waals surface area contributed by atoms with Crippen molar-refractivity contribution in [1.82, 2.24) is 19.0 Å². The van der Waals surface area contributed by atoms with Crippen LogP contribution in [0.25, 0.3) is 22.6 Å². The maximum absolute atomic E-state index is 13.2. The minimum atomic E-state index is -3.64. The molecule has 0 atom stereocenters. The number of imidazole rings is 1. The summed E-state index contributed by atoms with van der Waals surface area (Å²) in [6.07, 6.45) is 0.436. The van der Waals surface area contributed by atoms with Gasteiger partial charge in [0.05, 0.1) is 30.8 Å². The molecule has 1 saturated heterocycles. The molecule has 0 unspecified atom stereocenters. The quantitative estimate of drug-likeness (QED) is 0.283. The largest absolute Gasteiger partial charge is 0.497 e. The van der Waals surface area contributed by atoms with Gasteiger partial charge >= 0.3 is 0 Å². The van der Waals surface area contributed by atoms with Crippen molar-refractivity contribution in [2.45, 2.75) is 13.3 Å². The summed E-state index contributed by atoms with van der Waals surface area (Å²) in [4.78, 5) is 10.5. The number of rotatable bonds is 11. The van der Waals surface area contributed by atoms with Crippen LogP contribution in [0.4, 0.5) is 5.69 Å². The minimum Gasteiger partial charge on any atom is -0.497 e. The molecule has 4 aromatic rings. The molecular formula is C30H35N5O4S. The first-order valence-corrected chi connectivity index (χ1v) is 14.9. The van der Waals surface area contributed by atoms with Gasteiger partial charge in [0.2, 0.25) is 0 Å². The Morgan fingerprint density at radius 3 is 2.30 bits per heavy atom. The molecule has 0 aliphatic carbocycles. The van der Waals surface area contributed by atoms with Crippen LogP contribution in [0.3, 0.4) is 0 Å². The second-order valence-corrected chi connectivity index (χ2v) is 11.2. The van der Waals surface area contributed by atoms with E-state index in [9.17, 15) is 8.42 Å². The normalized spacial score (nSPS) is 14.3. The van der Waals surface area contributed by atoms with Crippen molar-refractivity contribution < 1.29 is 17.9 Å². The van der Waals surface area contributed by atoms with E-state index in [-0.39, 0.29) is 6.54 Å². The third-order valence-corrected chi connectivity index (χ3v) is 8.55. The molecule has 0 spiro atoms. The fourth-order valence-electron chi connectivity index (χ4n) is 4.87. The van der Waals surface area contributed by atoms with Crippen LogP contribution in [-0.4, -0.2) is 69.1 Å². The number of H-pyrrole nitrogens is 1. The highest BCUT2D eigenvalue weighted by atomic mass is 32.2. The number of nitrogens with one attached hydrogen (secondary N) is 2. The first-order chi connectivity index (χ1) is 19.5. The lowest BCUT2D eigenvalue weighted by Crippen LogP contribution is -2.52. The van der Waals surface area contributed by atoms with Crippen LogP contribution >= 0.6 is 0 Å². The lowest BCUT2D eigenvalue weighted by molar-refractivity contribution is 0.336. The van der Waals surface area contributed by atoms with Gasteiger partial charge in [-0.3, -0.25) is 0 Å². The number of aromatic nitrogens is 2. The Balaban J connectivity index is 1.25. The second-order valence-electron chi connectivity index (χ2n) is 9.44. The lowest BCUT2D eigenvalue weighted by Gasteiger charge is -2.35. The van der Waals surface area contributed by atoms with Crippen molar-refractivity contribution in [2.75, 3.05) is 51.3 Å². The van der Waals surface area contributed by atoms with Gasteiger partial charge in [-0.25, -0.2) is 9.71 Å². The van der Waals surface area contributed by atoms with Gasteiger partial charge in [0.15, 0.2) is 0 Å². The molecule has 1 aliphatic rings. The van der Waals surface area contributed by atoms with E-state index in [0.29, 0.717) is 39.2 Å². The van der Waals surface area contributed by atoms with Crippen LogP contribution in [0.5, 0.6) is 11.5 Å². The summed E-state index contributed by atoms with van der Waals surface area (Å²) in [6.45, 7) is 4.74. The zero-order chi connectivity index (χ0) is 28.0. The standard InChI is InChI=1S/C30H35N5O4S/c1-3-39-28-12-8-7-11-27(28)34-19-21-35(22-20-34)40(36,37)31-18-17-26-29(23-13-15-25(38-2)16-14-23)33-30(32-26)24-9-5-4-6-10-24/h4-16,31H,3,17-22H2,1-2H3,(H,32,33). The fraction of sp³-hybridized carbons (Fsp3) is 0.300. The average molecular weight is 562 g/mol. The first-order valence-electron chi connectivity index (χ1n) is 13.5. The molecule has 1 aliphatic heterocycles. The van der Waals surface area contributed by atoms with E-state index in [4.69, 9.17) is 14.5 Å². The third-order valence-electron chi connectivity index (χ3n) is 6.94. The molecular weight excluding hydrogens is 526 g/mol. The predicted molar refractivity (Wildman–Crippen MR) is 158 cm³/mol. The molecule has 1 fully saturated rings. The summed E-state index contributed by atoms with van der Waals surface area (Å²) in [6, 6.07) is 25.5. The van der Waals surface area contributed by atoms with Crippen molar-refractivity contribution in [3.8, 4) is 34.1 Å². The van der Waals surface area contributed by atoms with Crippen LogP contribution in [0.1, 0.15) is 12.6 Å². The predicted octanol–water partition coefficient (Wildman–Crippen LogP) is 4.35. The number of nitrogens with zero attached hydrogens (tertiary/aromatic N) is 3. The summed E-state index contributed by atoms with van der Waals surface area (Å²) in [5.41, 5.74) is 4.57. The van der Waals surface area contributed by atoms with Crippen molar-refractivity contribution in [2.24, 2.45) is 0 Å². The van der Waals surface area contributed by atoms with Crippen LogP contribution in [-0.2, 0) is 16.6 Å². The Bertz CT molecular complexity index is 1500. The summed E-state index contributed by atoms with van der Waals surface area (Å²) in [5.74, 6) is 2.33. The van der Waals surface area contributed by atoms with Crippen LogP contribution < -0.4 is 19.1 Å². The van der Waals surface area contributed by atoms with Gasteiger partial charge < -0.3 is 19.4 Å². The van der Waals surface area contributed by atoms with Gasteiger partial charge in [0.25, 0.3) is 10.2 Å². The molecule has 1 aromatic heterocycles. The van der Waals surface area contributed by atoms with Gasteiger partial charge in [0.1, 0.15) is 17.3 Å². The highest BCUT2D eigenvalue weighted by molar-refractivity contribution is 7.87. The van der Waals surface area contributed by atoms with E-state index >= 15 is 0 Å². The zero-order valence-electron chi connectivity index (χ0n) is 22.8. The highest BCUT2D eigenvalue weighted by Crippen LogP contribution is 2.30. The SMILES string of the molecule is CCOc1ccccc1N1CCN(S(=O)(=O)NCCc2nc(-c3ccccc3)[nH]c2-c2ccc(OC)cc2)CC1. The minimum absolute atomic E-state index is 0.234. The Kier molecular flexibility index (Phi) is 8.69. The number of anilines is 1. The molecule has 40 heavy (non-hydrogen) atoms. The number of hydrogen-bond donors (Lipinski definition) is 2. The molecule has 2 heterocycles. The highest BCUT2D eigenvalue weighted by Gasteiger charge is 2.28. The Hall–Kier alpha value is -3.86. The first kappa shape index (κ1) is 27.7. The molecule has 10 heteroatoms. The van der Waals surface area contributed by atoms with Crippen LogP contribution in [0.2, 0.25) is 0 Å². The molecule has 0 radical (unpaired) electrons. The Morgan fingerprint density at radius 1 is 0.900 bits per heavy atom. The van der Waals surface area contributed by atoms with E-state index in [1.54, 1.807) is 7.11 Å². The van der Waals surface area contributed by atoms with E-state index < -0.39 is 10.2 Å². The third kappa shape index (κ3) is 6.30. The maximum Gasteiger partial charge on any atom is 0.279 e. The molecule has 5 rings (SSSR count). The molecule has 2 N–H and O–H groups in total. The van der Waals surface area contributed by atoms with Gasteiger partial charge in [0, 0.05) is 50.3 Å². The van der Waals surface area contributed by atoms with Crippen LogP contribution in [0, 0.1) is 0 Å². The topological polar surface area (TPSA) is 99.8 Å². The number of benzene rings is 3. The van der Waals surface area contributed by atoms with E-state index in [1.165, 1.54) is 4.31 Å². The maximum atomic E-state index is 13.2. The summed E-state index contributed by atoms with van der Waals surface area (Å²) >= 11 is 0. The molecule has 0 bridgehead atoms. The average Bonchev–Trinajstić information content (AvgIpc) is 3.42. The smallest absolute Gasteiger partial charge is 0.279 e. The number of methoxy groups -OCH3 is 1. The molecule has 9 nitrogen and oxygen atoms in total. The summed E-state index contributed by atoms with van der Waals surface area (Å²) in [7, 11) is -2.01. The molecule has 0 saturated carbocycles. The van der Waals surface area contributed by atoms with Gasteiger partial charge in [-0.15, -0.1) is 0 Å². The van der Waals surface area contributed by atoms with E-state index in [1.807, 2.05) is 85.8 Å². The van der Waals surface area contributed by atoms with Crippen molar-refractivity contribution >= 4 is 15.9 Å². The zero-order valence-corrected chi connectivity index (χ0v) is 23.7. The van der Waals surface area contributed by atoms with Crippen molar-refractivity contribution in [1.29, 1.82) is 0 Å². The number of hydrogen-bond acceptors (Lipinski definition) is 6. The Labute approximate surface area is 236 Å². The number of piperazine rings is 1. The van der Waals surface area contributed by atoms with Gasteiger partial charge in [-0.1, -0.05) is 42.5 Å². The number of ether oxygens (including phenoxy) is 2. The van der Waals surface area contributed by atoms with Crippen LogP contribution in [0.15, 0.2) is 78.9 Å². The Morgan fingerprint density at radius 2 is 1.60 bits per heavy atom. The number of aromatic amines is 1. The lowest BCUT2D eigenvalue weighted by atomic mass is 10.1. The van der Waals surface area contributed by atoms with Crippen molar-refractivity contribution in [3.05, 3.63) is 84.6 Å². The molecule has 0 amide bonds. The van der Waals surface area contributed by atoms with E-state index in [0.717, 1.165) is 45.5 Å². The molecule has 210 valence electrons. The second kappa shape index (κ2) is 12.5. The van der Waals surface area contributed by atoms with Gasteiger partial charge in [-0.2, -0.15) is 12.7 Å². The fourth-order valence-corrected chi connectivity index (χ4v) is 6.06. The summed E-state index contributed by atoms with van der Waals surface area (Å²) in [5, 5.41) is 0. The van der Waals surface area contributed by atoms with E-state index in [2.05, 4.69) is 14.6 Å². The van der Waals surface area contributed by atoms with Crippen molar-refractivity contribution in [3.63, 3.8) is 0 Å². The monoisotopic (exact) mass is 561 g/mol. The molecule has 3 aromatic carbocycles. The summed E-state index contributed by atoms with van der Waals surface area (Å²) < 4.78 is 41.7. The number of para-hydroxylation sites is 2. The van der Waals surface area contributed by atoms with Gasteiger partial charge in [-0.05, 0) is 43.3 Å².